The predicted octanol–water partition coefficient (Wildman–Crippen LogP) is -0.800. The molecule has 0 radical (unpaired) electrons. The van der Waals surface area contributed by atoms with Crippen molar-refractivity contribution in [2.24, 2.45) is 11.5 Å². The molecule has 4 unspecified atom stereocenters. The Kier molecular flexibility index (Phi) is 11.0. The van der Waals surface area contributed by atoms with Crippen LogP contribution in [0.2, 0.25) is 0 Å². The van der Waals surface area contributed by atoms with Gasteiger partial charge in [-0.15, -0.1) is 0 Å². The zero-order valence-corrected chi connectivity index (χ0v) is 20.5. The third kappa shape index (κ3) is 8.88. The first kappa shape index (κ1) is 29.3. The van der Waals surface area contributed by atoms with Gasteiger partial charge in [0.25, 0.3) is 0 Å². The summed E-state index contributed by atoms with van der Waals surface area (Å²) in [5, 5.41) is 26.4. The quantitative estimate of drug-likeness (QED) is 0.138. The van der Waals surface area contributed by atoms with Crippen LogP contribution in [0.5, 0.6) is 0 Å². The molecule has 1 aromatic heterocycles. The van der Waals surface area contributed by atoms with Crippen molar-refractivity contribution in [3.63, 3.8) is 0 Å². The lowest BCUT2D eigenvalue weighted by atomic mass is 10.0. The Labute approximate surface area is 213 Å². The second kappa shape index (κ2) is 13.9. The van der Waals surface area contributed by atoms with E-state index < -0.39 is 60.2 Å². The lowest BCUT2D eigenvalue weighted by Gasteiger charge is -2.22. The molecule has 13 heteroatoms. The minimum atomic E-state index is -1.51. The molecule has 3 amide bonds. The summed E-state index contributed by atoms with van der Waals surface area (Å²) >= 11 is 0. The highest BCUT2D eigenvalue weighted by Gasteiger charge is 2.30. The summed E-state index contributed by atoms with van der Waals surface area (Å²) in [5.74, 6) is -5.02. The number of nitrogens with two attached hydrogens (primary N) is 2. The van der Waals surface area contributed by atoms with E-state index in [0.717, 1.165) is 16.5 Å². The van der Waals surface area contributed by atoms with Crippen molar-refractivity contribution in [3.05, 3.63) is 36.0 Å². The van der Waals surface area contributed by atoms with Crippen LogP contribution in [0, 0.1) is 0 Å². The molecule has 2 aromatic rings. The van der Waals surface area contributed by atoms with Crippen LogP contribution in [-0.4, -0.2) is 75.6 Å². The third-order valence-corrected chi connectivity index (χ3v) is 5.78. The van der Waals surface area contributed by atoms with Crippen molar-refractivity contribution >= 4 is 40.6 Å². The Hall–Kier alpha value is -3.97. The molecule has 0 aliphatic heterocycles. The van der Waals surface area contributed by atoms with Gasteiger partial charge in [0.2, 0.25) is 17.7 Å². The number of carboxylic acid groups (broad SMARTS) is 2. The van der Waals surface area contributed by atoms with Gasteiger partial charge in [-0.1, -0.05) is 18.2 Å². The van der Waals surface area contributed by atoms with Gasteiger partial charge in [-0.05, 0) is 50.8 Å². The van der Waals surface area contributed by atoms with E-state index in [2.05, 4.69) is 20.9 Å². The molecular formula is C24H34N6O7. The Balaban J connectivity index is 1.99. The standard InChI is InChI=1S/C24H34N6O7/c1-13(21(33)29-18(24(36)37)8-4-5-9-25)28-23(35)19(11-20(31)32)30-22(34)16(26)10-14-12-27-17-7-3-2-6-15(14)17/h2-3,6-7,12-13,16,18-19,27H,4-5,8-11,25-26H2,1H3,(H,28,35)(H,29,33)(H,30,34)(H,31,32)(H,36,37). The number of nitrogens with one attached hydrogen (secondary N) is 4. The Morgan fingerprint density at radius 2 is 1.62 bits per heavy atom. The number of unbranched alkanes of at least 4 members (excludes halogenated alkanes) is 1. The van der Waals surface area contributed by atoms with E-state index in [1.165, 1.54) is 6.92 Å². The zero-order valence-electron chi connectivity index (χ0n) is 20.5. The molecule has 10 N–H and O–H groups in total. The van der Waals surface area contributed by atoms with Crippen molar-refractivity contribution in [2.75, 3.05) is 6.54 Å². The van der Waals surface area contributed by atoms with Crippen molar-refractivity contribution < 1.29 is 34.2 Å². The van der Waals surface area contributed by atoms with Crippen LogP contribution in [0.15, 0.2) is 30.5 Å². The fraction of sp³-hybridized carbons (Fsp3) is 0.458. The summed E-state index contributed by atoms with van der Waals surface area (Å²) in [4.78, 5) is 63.7. The average molecular weight is 519 g/mol. The van der Waals surface area contributed by atoms with Crippen LogP contribution < -0.4 is 27.4 Å². The predicted molar refractivity (Wildman–Crippen MR) is 134 cm³/mol. The second-order valence-corrected chi connectivity index (χ2v) is 8.74. The largest absolute Gasteiger partial charge is 0.481 e. The van der Waals surface area contributed by atoms with Crippen LogP contribution in [0.4, 0.5) is 0 Å². The smallest absolute Gasteiger partial charge is 0.326 e. The van der Waals surface area contributed by atoms with Gasteiger partial charge in [-0.25, -0.2) is 4.79 Å². The molecule has 0 bridgehead atoms. The molecule has 0 aliphatic carbocycles. The number of aromatic nitrogens is 1. The molecule has 13 nitrogen and oxygen atoms in total. The molecule has 0 spiro atoms. The SMILES string of the molecule is CC(NC(=O)C(CC(=O)O)NC(=O)C(N)Cc1c[nH]c2ccccc12)C(=O)NC(CCCCN)C(=O)O. The number of fused-ring (bicyclic) bond motifs is 1. The Morgan fingerprint density at radius 3 is 2.27 bits per heavy atom. The molecule has 4 atom stereocenters. The number of hydrogen-bond acceptors (Lipinski definition) is 7. The summed E-state index contributed by atoms with van der Waals surface area (Å²) in [7, 11) is 0. The number of carbonyl (C=O) groups is 5. The highest BCUT2D eigenvalue weighted by molar-refractivity contribution is 5.95. The number of aromatic amines is 1. The zero-order chi connectivity index (χ0) is 27.5. The van der Waals surface area contributed by atoms with E-state index in [9.17, 15) is 34.2 Å². The normalized spacial score (nSPS) is 14.2. The van der Waals surface area contributed by atoms with Gasteiger partial charge in [-0.2, -0.15) is 0 Å². The van der Waals surface area contributed by atoms with Gasteiger partial charge in [0, 0.05) is 17.1 Å². The Morgan fingerprint density at radius 1 is 0.946 bits per heavy atom. The molecule has 202 valence electrons. The first-order valence-corrected chi connectivity index (χ1v) is 11.9. The van der Waals surface area contributed by atoms with E-state index >= 15 is 0 Å². The van der Waals surface area contributed by atoms with Gasteiger partial charge in [0.1, 0.15) is 18.1 Å². The molecule has 0 saturated heterocycles. The molecule has 37 heavy (non-hydrogen) atoms. The summed E-state index contributed by atoms with van der Waals surface area (Å²) in [6.07, 6.45) is 2.34. The molecule has 0 aliphatic rings. The second-order valence-electron chi connectivity index (χ2n) is 8.74. The van der Waals surface area contributed by atoms with Gasteiger partial charge >= 0.3 is 11.9 Å². The van der Waals surface area contributed by atoms with E-state index in [0.29, 0.717) is 19.4 Å². The van der Waals surface area contributed by atoms with E-state index in [1.54, 1.807) is 6.20 Å². The average Bonchev–Trinajstić information content (AvgIpc) is 3.25. The van der Waals surface area contributed by atoms with Gasteiger partial charge in [-0.3, -0.25) is 19.2 Å². The molecular weight excluding hydrogens is 484 g/mol. The van der Waals surface area contributed by atoms with Gasteiger partial charge < -0.3 is 42.6 Å². The topological polar surface area (TPSA) is 230 Å². The lowest BCUT2D eigenvalue weighted by Crippen LogP contribution is -2.56. The first-order chi connectivity index (χ1) is 17.5. The van der Waals surface area contributed by atoms with Gasteiger partial charge in [0.05, 0.1) is 12.5 Å². The summed E-state index contributed by atoms with van der Waals surface area (Å²) in [6, 6.07) is 2.49. The number of carboxylic acids is 2. The van der Waals surface area contributed by atoms with Crippen molar-refractivity contribution in [2.45, 2.75) is 63.2 Å². The number of hydrogen-bond donors (Lipinski definition) is 8. The van der Waals surface area contributed by atoms with Crippen molar-refractivity contribution in [1.29, 1.82) is 0 Å². The first-order valence-electron chi connectivity index (χ1n) is 11.9. The molecule has 1 aromatic carbocycles. The monoisotopic (exact) mass is 518 g/mol. The summed E-state index contributed by atoms with van der Waals surface area (Å²) in [5.41, 5.74) is 13.1. The van der Waals surface area contributed by atoms with Gasteiger partial charge in [0.15, 0.2) is 0 Å². The van der Waals surface area contributed by atoms with Crippen molar-refractivity contribution in [1.82, 2.24) is 20.9 Å². The number of rotatable bonds is 15. The lowest BCUT2D eigenvalue weighted by molar-refractivity contribution is -0.143. The number of carbonyl (C=O) groups excluding carboxylic acids is 3. The van der Waals surface area contributed by atoms with Crippen LogP contribution in [0.3, 0.4) is 0 Å². The van der Waals surface area contributed by atoms with Crippen LogP contribution in [-0.2, 0) is 30.4 Å². The highest BCUT2D eigenvalue weighted by Crippen LogP contribution is 2.18. The maximum atomic E-state index is 12.7. The van der Waals surface area contributed by atoms with E-state index in [-0.39, 0.29) is 12.8 Å². The van der Waals surface area contributed by atoms with Crippen LogP contribution in [0.1, 0.15) is 38.2 Å². The molecule has 1 heterocycles. The minimum absolute atomic E-state index is 0.136. The number of aliphatic carboxylic acids is 2. The summed E-state index contributed by atoms with van der Waals surface area (Å²) in [6.45, 7) is 1.70. The van der Waals surface area contributed by atoms with E-state index in [1.807, 2.05) is 24.3 Å². The number of para-hydroxylation sites is 1. The summed E-state index contributed by atoms with van der Waals surface area (Å²) < 4.78 is 0. The maximum Gasteiger partial charge on any atom is 0.326 e. The minimum Gasteiger partial charge on any atom is -0.481 e. The third-order valence-electron chi connectivity index (χ3n) is 5.78. The van der Waals surface area contributed by atoms with E-state index in [4.69, 9.17) is 11.5 Å². The molecule has 2 rings (SSSR count). The Bertz CT molecular complexity index is 1120. The van der Waals surface area contributed by atoms with Crippen molar-refractivity contribution in [3.8, 4) is 0 Å². The fourth-order valence-electron chi connectivity index (χ4n) is 3.72. The maximum absolute atomic E-state index is 12.7. The highest BCUT2D eigenvalue weighted by atomic mass is 16.4. The molecule has 0 fully saturated rings. The molecule has 0 saturated carbocycles. The fourth-order valence-corrected chi connectivity index (χ4v) is 3.72. The number of H-pyrrole nitrogens is 1. The van der Waals surface area contributed by atoms with Crippen LogP contribution in [0.25, 0.3) is 10.9 Å². The van der Waals surface area contributed by atoms with Crippen LogP contribution >= 0.6 is 0 Å². The number of amides is 3. The number of benzene rings is 1.